The Morgan fingerprint density at radius 1 is 1.30 bits per heavy atom. The molecule has 1 saturated carbocycles. The lowest BCUT2D eigenvalue weighted by molar-refractivity contribution is -0.133. The molecule has 3 rings (SSSR count). The topological polar surface area (TPSA) is 32.3 Å². The van der Waals surface area contributed by atoms with Gasteiger partial charge in [-0.3, -0.25) is 4.79 Å². The quantitative estimate of drug-likeness (QED) is 0.895. The van der Waals surface area contributed by atoms with Gasteiger partial charge in [0, 0.05) is 30.6 Å². The number of carbonyl (C=O) groups is 1. The van der Waals surface area contributed by atoms with Gasteiger partial charge in [0.2, 0.25) is 5.91 Å². The first-order valence-electron chi connectivity index (χ1n) is 7.07. The van der Waals surface area contributed by atoms with Gasteiger partial charge in [-0.05, 0) is 37.9 Å². The van der Waals surface area contributed by atoms with Crippen LogP contribution < -0.4 is 5.32 Å². The molecule has 1 heterocycles. The summed E-state index contributed by atoms with van der Waals surface area (Å²) in [6.07, 6.45) is 2.49. The van der Waals surface area contributed by atoms with E-state index < -0.39 is 11.6 Å². The summed E-state index contributed by atoms with van der Waals surface area (Å²) in [5.41, 5.74) is 0.387. The van der Waals surface area contributed by atoms with Crippen molar-refractivity contribution in [2.75, 3.05) is 13.1 Å². The Bertz CT molecular complexity index is 513. The van der Waals surface area contributed by atoms with Crippen molar-refractivity contribution in [2.45, 2.75) is 31.8 Å². The van der Waals surface area contributed by atoms with Crippen LogP contribution in [0.5, 0.6) is 0 Å². The van der Waals surface area contributed by atoms with Gasteiger partial charge >= 0.3 is 0 Å². The SMILES string of the molecule is O=C(CC1CNC1)N(Cc1ccc(F)cc1F)C1CC1. The van der Waals surface area contributed by atoms with E-state index in [1.54, 1.807) is 4.90 Å². The van der Waals surface area contributed by atoms with Crippen LogP contribution in [0.25, 0.3) is 0 Å². The zero-order valence-electron chi connectivity index (χ0n) is 11.2. The number of hydrogen-bond donors (Lipinski definition) is 1. The first kappa shape index (κ1) is 13.5. The molecule has 2 fully saturated rings. The highest BCUT2D eigenvalue weighted by atomic mass is 19.1. The standard InChI is InChI=1S/C15H18F2N2O/c16-12-2-1-11(14(17)6-12)9-19(13-3-4-13)15(20)5-10-7-18-8-10/h1-2,6,10,13,18H,3-5,7-9H2. The summed E-state index contributed by atoms with van der Waals surface area (Å²) < 4.78 is 26.6. The molecule has 0 spiro atoms. The predicted octanol–water partition coefficient (Wildman–Crippen LogP) is 2.07. The molecule has 1 amide bonds. The van der Waals surface area contributed by atoms with E-state index in [1.165, 1.54) is 12.1 Å². The molecule has 20 heavy (non-hydrogen) atoms. The number of nitrogens with zero attached hydrogens (tertiary/aromatic N) is 1. The predicted molar refractivity (Wildman–Crippen MR) is 70.9 cm³/mol. The second kappa shape index (κ2) is 5.48. The highest BCUT2D eigenvalue weighted by Gasteiger charge is 2.34. The number of hydrogen-bond acceptors (Lipinski definition) is 2. The number of carbonyl (C=O) groups excluding carboxylic acids is 1. The molecule has 0 atom stereocenters. The minimum atomic E-state index is -0.587. The molecular weight excluding hydrogens is 262 g/mol. The Morgan fingerprint density at radius 2 is 2.05 bits per heavy atom. The lowest BCUT2D eigenvalue weighted by Gasteiger charge is -2.30. The van der Waals surface area contributed by atoms with Gasteiger partial charge < -0.3 is 10.2 Å². The molecule has 2 aliphatic rings. The van der Waals surface area contributed by atoms with Crippen LogP contribution >= 0.6 is 0 Å². The molecule has 0 radical (unpaired) electrons. The molecule has 0 unspecified atom stereocenters. The van der Waals surface area contributed by atoms with Crippen molar-refractivity contribution in [2.24, 2.45) is 5.92 Å². The Balaban J connectivity index is 1.68. The van der Waals surface area contributed by atoms with Crippen molar-refractivity contribution in [1.29, 1.82) is 0 Å². The molecule has 1 aromatic carbocycles. The van der Waals surface area contributed by atoms with E-state index in [0.29, 0.717) is 17.9 Å². The van der Waals surface area contributed by atoms with Gasteiger partial charge in [0.05, 0.1) is 0 Å². The molecule has 0 bridgehead atoms. The van der Waals surface area contributed by atoms with Gasteiger partial charge in [-0.15, -0.1) is 0 Å². The second-order valence-corrected chi connectivity index (χ2v) is 5.72. The van der Waals surface area contributed by atoms with Crippen LogP contribution in [0.3, 0.4) is 0 Å². The lowest BCUT2D eigenvalue weighted by Crippen LogP contribution is -2.45. The highest BCUT2D eigenvalue weighted by molar-refractivity contribution is 5.77. The van der Waals surface area contributed by atoms with Crippen molar-refractivity contribution in [1.82, 2.24) is 10.2 Å². The van der Waals surface area contributed by atoms with E-state index >= 15 is 0 Å². The molecule has 1 saturated heterocycles. The molecule has 1 aliphatic carbocycles. The number of nitrogens with one attached hydrogen (secondary N) is 1. The van der Waals surface area contributed by atoms with Crippen molar-refractivity contribution >= 4 is 5.91 Å². The summed E-state index contributed by atoms with van der Waals surface area (Å²) in [7, 11) is 0. The average Bonchev–Trinajstić information content (AvgIpc) is 3.17. The van der Waals surface area contributed by atoms with Gasteiger partial charge in [-0.2, -0.15) is 0 Å². The Morgan fingerprint density at radius 3 is 2.60 bits per heavy atom. The largest absolute Gasteiger partial charge is 0.335 e. The van der Waals surface area contributed by atoms with Crippen molar-refractivity contribution in [3.8, 4) is 0 Å². The summed E-state index contributed by atoms with van der Waals surface area (Å²) >= 11 is 0. The summed E-state index contributed by atoms with van der Waals surface area (Å²) in [5.74, 6) is -0.672. The molecular formula is C15H18F2N2O. The van der Waals surface area contributed by atoms with Crippen LogP contribution in [0.15, 0.2) is 18.2 Å². The Kier molecular flexibility index (Phi) is 3.70. The molecule has 3 nitrogen and oxygen atoms in total. The molecule has 1 N–H and O–H groups in total. The number of rotatable bonds is 5. The minimum Gasteiger partial charge on any atom is -0.335 e. The summed E-state index contributed by atoms with van der Waals surface area (Å²) in [6, 6.07) is 3.78. The molecule has 1 aliphatic heterocycles. The van der Waals surface area contributed by atoms with Gasteiger partial charge in [0.15, 0.2) is 0 Å². The van der Waals surface area contributed by atoms with Crippen LogP contribution in [0.2, 0.25) is 0 Å². The van der Waals surface area contributed by atoms with Crippen LogP contribution in [0.4, 0.5) is 8.78 Å². The Hall–Kier alpha value is -1.49. The number of benzene rings is 1. The smallest absolute Gasteiger partial charge is 0.223 e. The lowest BCUT2D eigenvalue weighted by atomic mass is 9.98. The van der Waals surface area contributed by atoms with E-state index in [-0.39, 0.29) is 18.5 Å². The first-order chi connectivity index (χ1) is 9.63. The monoisotopic (exact) mass is 280 g/mol. The fourth-order valence-corrected chi connectivity index (χ4v) is 2.50. The van der Waals surface area contributed by atoms with Crippen LogP contribution in [-0.2, 0) is 11.3 Å². The van der Waals surface area contributed by atoms with E-state index in [4.69, 9.17) is 0 Å². The van der Waals surface area contributed by atoms with Crippen LogP contribution in [0, 0.1) is 17.6 Å². The summed E-state index contributed by atoms with van der Waals surface area (Å²) in [4.78, 5) is 14.1. The van der Waals surface area contributed by atoms with E-state index in [2.05, 4.69) is 5.32 Å². The normalized spacial score (nSPS) is 18.7. The molecule has 0 aromatic heterocycles. The third kappa shape index (κ3) is 2.98. The highest BCUT2D eigenvalue weighted by Crippen LogP contribution is 2.30. The zero-order chi connectivity index (χ0) is 14.1. The maximum atomic E-state index is 13.7. The van der Waals surface area contributed by atoms with Crippen molar-refractivity contribution in [3.63, 3.8) is 0 Å². The molecule has 5 heteroatoms. The number of halogens is 2. The fraction of sp³-hybridized carbons (Fsp3) is 0.533. The third-order valence-electron chi connectivity index (χ3n) is 3.99. The maximum Gasteiger partial charge on any atom is 0.223 e. The zero-order valence-corrected chi connectivity index (χ0v) is 11.2. The second-order valence-electron chi connectivity index (χ2n) is 5.72. The van der Waals surface area contributed by atoms with Crippen LogP contribution in [0.1, 0.15) is 24.8 Å². The first-order valence-corrected chi connectivity index (χ1v) is 7.07. The van der Waals surface area contributed by atoms with Gasteiger partial charge in [0.1, 0.15) is 11.6 Å². The van der Waals surface area contributed by atoms with Crippen LogP contribution in [-0.4, -0.2) is 29.9 Å². The summed E-state index contributed by atoms with van der Waals surface area (Å²) in [6.45, 7) is 2.01. The van der Waals surface area contributed by atoms with E-state index in [9.17, 15) is 13.6 Å². The minimum absolute atomic E-state index is 0.0859. The molecule has 1 aromatic rings. The van der Waals surface area contributed by atoms with Crippen molar-refractivity contribution < 1.29 is 13.6 Å². The average molecular weight is 280 g/mol. The van der Waals surface area contributed by atoms with Crippen molar-refractivity contribution in [3.05, 3.63) is 35.4 Å². The van der Waals surface area contributed by atoms with Gasteiger partial charge in [-0.1, -0.05) is 6.07 Å². The van der Waals surface area contributed by atoms with E-state index in [1.807, 2.05) is 0 Å². The Labute approximate surface area is 117 Å². The fourth-order valence-electron chi connectivity index (χ4n) is 2.50. The van der Waals surface area contributed by atoms with Gasteiger partial charge in [-0.25, -0.2) is 8.78 Å². The summed E-state index contributed by atoms with van der Waals surface area (Å²) in [5, 5.41) is 3.14. The maximum absolute atomic E-state index is 13.7. The van der Waals surface area contributed by atoms with E-state index in [0.717, 1.165) is 32.0 Å². The third-order valence-corrected chi connectivity index (χ3v) is 3.99. The molecule has 108 valence electrons. The number of amides is 1. The van der Waals surface area contributed by atoms with Gasteiger partial charge in [0.25, 0.3) is 0 Å².